The summed E-state index contributed by atoms with van der Waals surface area (Å²) in [5.41, 5.74) is 3.45. The maximum Gasteiger partial charge on any atom is 0.337 e. The molecule has 1 N–H and O–H groups in total. The van der Waals surface area contributed by atoms with Gasteiger partial charge >= 0.3 is 5.97 Å². The van der Waals surface area contributed by atoms with Crippen LogP contribution in [0.2, 0.25) is 0 Å². The lowest BCUT2D eigenvalue weighted by Crippen LogP contribution is -2.36. The van der Waals surface area contributed by atoms with Crippen LogP contribution in [-0.2, 0) is 14.3 Å². The molecule has 0 unspecified atom stereocenters. The molecule has 1 aromatic heterocycles. The molecule has 184 valence electrons. The van der Waals surface area contributed by atoms with Crippen molar-refractivity contribution in [2.45, 2.75) is 63.4 Å². The molecule has 2 aliphatic carbocycles. The Morgan fingerprint density at radius 1 is 1.06 bits per heavy atom. The highest BCUT2D eigenvalue weighted by Crippen LogP contribution is 2.49. The van der Waals surface area contributed by atoms with E-state index in [0.717, 1.165) is 42.6 Å². The molecule has 2 heterocycles. The standard InChI is InChI=1S/C28H31NO5S/c1-16-24(28(31)34-18-8-4-5-9-18)25(19-10-6-11-22(32-2)27(19)33-3)26-20(29-16)14-17(15-21(26)30)23-12-7-13-35-23/h6-7,10-13,17-18,25,29H,4-5,8-9,14-15H2,1-3H3/t17-,25-/m0/s1. The van der Waals surface area contributed by atoms with Crippen molar-refractivity contribution in [3.63, 3.8) is 0 Å². The molecular weight excluding hydrogens is 462 g/mol. The molecule has 0 saturated heterocycles. The normalized spacial score (nSPS) is 22.7. The number of Topliss-reactive ketones (excluding diaryl/α,β-unsaturated/α-hetero) is 1. The number of nitrogens with one attached hydrogen (secondary N) is 1. The van der Waals surface area contributed by atoms with Gasteiger partial charge in [0.25, 0.3) is 0 Å². The summed E-state index contributed by atoms with van der Waals surface area (Å²) in [4.78, 5) is 28.6. The Labute approximate surface area is 210 Å². The van der Waals surface area contributed by atoms with Gasteiger partial charge in [0.15, 0.2) is 17.3 Å². The Bertz CT molecular complexity index is 1190. The fraction of sp³-hybridized carbons (Fsp3) is 0.429. The fourth-order valence-electron chi connectivity index (χ4n) is 5.71. The van der Waals surface area contributed by atoms with Crippen molar-refractivity contribution < 1.29 is 23.8 Å². The van der Waals surface area contributed by atoms with Crippen LogP contribution in [-0.4, -0.2) is 32.1 Å². The molecule has 1 saturated carbocycles. The third-order valence-corrected chi connectivity index (χ3v) is 8.35. The van der Waals surface area contributed by atoms with Crippen LogP contribution >= 0.6 is 11.3 Å². The molecule has 3 aliphatic rings. The van der Waals surface area contributed by atoms with E-state index >= 15 is 0 Å². The van der Waals surface area contributed by atoms with Crippen molar-refractivity contribution >= 4 is 23.1 Å². The van der Waals surface area contributed by atoms with Gasteiger partial charge in [-0.15, -0.1) is 11.3 Å². The van der Waals surface area contributed by atoms with Gasteiger partial charge in [0, 0.05) is 39.7 Å². The number of thiophene rings is 1. The van der Waals surface area contributed by atoms with E-state index in [4.69, 9.17) is 14.2 Å². The first-order valence-electron chi connectivity index (χ1n) is 12.2. The van der Waals surface area contributed by atoms with E-state index in [1.807, 2.05) is 36.6 Å². The zero-order valence-electron chi connectivity index (χ0n) is 20.4. The van der Waals surface area contributed by atoms with Gasteiger partial charge in [-0.25, -0.2) is 4.79 Å². The SMILES string of the molecule is COc1cccc([C@H]2C(C(=O)OC3CCCC3)=C(C)NC3=C2C(=O)C[C@@H](c2cccs2)C3)c1OC. The van der Waals surface area contributed by atoms with E-state index in [2.05, 4.69) is 11.4 Å². The van der Waals surface area contributed by atoms with Gasteiger partial charge in [-0.05, 0) is 56.5 Å². The van der Waals surface area contributed by atoms with Gasteiger partial charge in [-0.2, -0.15) is 0 Å². The Balaban J connectivity index is 1.61. The number of esters is 1. The topological polar surface area (TPSA) is 73.9 Å². The lowest BCUT2D eigenvalue weighted by atomic mass is 9.72. The summed E-state index contributed by atoms with van der Waals surface area (Å²) in [6.45, 7) is 1.90. The number of hydrogen-bond donors (Lipinski definition) is 1. The zero-order chi connectivity index (χ0) is 24.5. The van der Waals surface area contributed by atoms with Crippen LogP contribution in [0.3, 0.4) is 0 Å². The number of benzene rings is 1. The highest BCUT2D eigenvalue weighted by molar-refractivity contribution is 7.10. The predicted molar refractivity (Wildman–Crippen MR) is 135 cm³/mol. The predicted octanol–water partition coefficient (Wildman–Crippen LogP) is 5.61. The maximum absolute atomic E-state index is 13.8. The summed E-state index contributed by atoms with van der Waals surface area (Å²) in [6, 6.07) is 9.72. The monoisotopic (exact) mass is 493 g/mol. The van der Waals surface area contributed by atoms with Crippen molar-refractivity contribution in [1.82, 2.24) is 5.32 Å². The van der Waals surface area contributed by atoms with Gasteiger partial charge in [-0.1, -0.05) is 18.2 Å². The van der Waals surface area contributed by atoms with Crippen LogP contribution in [0.1, 0.15) is 67.7 Å². The minimum atomic E-state index is -0.581. The summed E-state index contributed by atoms with van der Waals surface area (Å²) < 4.78 is 17.3. The lowest BCUT2D eigenvalue weighted by molar-refractivity contribution is -0.144. The third-order valence-electron chi connectivity index (χ3n) is 7.31. The molecule has 35 heavy (non-hydrogen) atoms. The van der Waals surface area contributed by atoms with Crippen molar-refractivity contribution in [1.29, 1.82) is 0 Å². The highest BCUT2D eigenvalue weighted by Gasteiger charge is 2.43. The number of dihydropyridines is 1. The van der Waals surface area contributed by atoms with Crippen LogP contribution in [0, 0.1) is 0 Å². The molecule has 2 aromatic rings. The first kappa shape index (κ1) is 23.7. The zero-order valence-corrected chi connectivity index (χ0v) is 21.2. The van der Waals surface area contributed by atoms with Crippen LogP contribution in [0.15, 0.2) is 58.3 Å². The fourth-order valence-corrected chi connectivity index (χ4v) is 6.54. The first-order valence-corrected chi connectivity index (χ1v) is 13.1. The van der Waals surface area contributed by atoms with Crippen LogP contribution in [0.25, 0.3) is 0 Å². The molecule has 0 spiro atoms. The smallest absolute Gasteiger partial charge is 0.337 e. The van der Waals surface area contributed by atoms with Gasteiger partial charge < -0.3 is 19.5 Å². The highest BCUT2D eigenvalue weighted by atomic mass is 32.1. The van der Waals surface area contributed by atoms with E-state index in [0.29, 0.717) is 35.5 Å². The number of hydrogen-bond acceptors (Lipinski definition) is 7. The second-order valence-electron chi connectivity index (χ2n) is 9.43. The van der Waals surface area contributed by atoms with Gasteiger partial charge in [0.05, 0.1) is 25.7 Å². The summed E-state index contributed by atoms with van der Waals surface area (Å²) in [7, 11) is 3.17. The summed E-state index contributed by atoms with van der Waals surface area (Å²) in [5.74, 6) is 0.318. The molecular formula is C28H31NO5S. The molecule has 0 amide bonds. The number of carbonyl (C=O) groups excluding carboxylic acids is 2. The summed E-state index contributed by atoms with van der Waals surface area (Å²) in [5, 5.41) is 5.48. The number of allylic oxidation sites excluding steroid dienone is 3. The summed E-state index contributed by atoms with van der Waals surface area (Å²) >= 11 is 1.68. The molecule has 1 aromatic carbocycles. The molecule has 0 bridgehead atoms. The Morgan fingerprint density at radius 3 is 2.54 bits per heavy atom. The van der Waals surface area contributed by atoms with Crippen LogP contribution in [0.5, 0.6) is 11.5 Å². The Kier molecular flexibility index (Phi) is 6.69. The average molecular weight is 494 g/mol. The molecule has 6 nitrogen and oxygen atoms in total. The lowest BCUT2D eigenvalue weighted by Gasteiger charge is -2.37. The minimum absolute atomic E-state index is 0.0469. The van der Waals surface area contributed by atoms with Crippen LogP contribution < -0.4 is 14.8 Å². The van der Waals surface area contributed by atoms with Crippen molar-refractivity contribution in [3.8, 4) is 11.5 Å². The third kappa shape index (κ3) is 4.38. The van der Waals surface area contributed by atoms with Gasteiger partial charge in [0.1, 0.15) is 6.10 Å². The number of rotatable bonds is 6. The van der Waals surface area contributed by atoms with Gasteiger partial charge in [0.2, 0.25) is 0 Å². The Hall–Kier alpha value is -3.06. The second-order valence-corrected chi connectivity index (χ2v) is 10.4. The molecule has 1 aliphatic heterocycles. The van der Waals surface area contributed by atoms with Gasteiger partial charge in [-0.3, -0.25) is 4.79 Å². The van der Waals surface area contributed by atoms with Crippen LogP contribution in [0.4, 0.5) is 0 Å². The number of ether oxygens (including phenoxy) is 3. The Morgan fingerprint density at radius 2 is 1.86 bits per heavy atom. The molecule has 5 rings (SSSR count). The maximum atomic E-state index is 13.8. The van der Waals surface area contributed by atoms with Crippen molar-refractivity contribution in [2.24, 2.45) is 0 Å². The second kappa shape index (κ2) is 9.90. The summed E-state index contributed by atoms with van der Waals surface area (Å²) in [6.07, 6.45) is 4.96. The molecule has 7 heteroatoms. The van der Waals surface area contributed by atoms with Crippen molar-refractivity contribution in [2.75, 3.05) is 14.2 Å². The van der Waals surface area contributed by atoms with E-state index in [-0.39, 0.29) is 23.8 Å². The first-order chi connectivity index (χ1) is 17.0. The van der Waals surface area contributed by atoms with E-state index in [1.165, 1.54) is 4.88 Å². The molecule has 1 fully saturated rings. The number of para-hydroxylation sites is 1. The average Bonchev–Trinajstić information content (AvgIpc) is 3.57. The number of carbonyl (C=O) groups is 2. The largest absolute Gasteiger partial charge is 0.493 e. The molecule has 0 radical (unpaired) electrons. The quantitative estimate of drug-likeness (QED) is 0.527. The minimum Gasteiger partial charge on any atom is -0.493 e. The number of methoxy groups -OCH3 is 2. The number of ketones is 1. The van der Waals surface area contributed by atoms with E-state index in [1.54, 1.807) is 25.6 Å². The van der Waals surface area contributed by atoms with E-state index in [9.17, 15) is 9.59 Å². The molecule has 2 atom stereocenters. The van der Waals surface area contributed by atoms with Crippen molar-refractivity contribution in [3.05, 3.63) is 68.7 Å². The van der Waals surface area contributed by atoms with E-state index < -0.39 is 5.92 Å².